The van der Waals surface area contributed by atoms with Gasteiger partial charge in [-0.2, -0.15) is 0 Å². The largest absolute Gasteiger partial charge is 0.496 e. The van der Waals surface area contributed by atoms with Gasteiger partial charge in [-0.1, -0.05) is 53.4 Å². The van der Waals surface area contributed by atoms with Gasteiger partial charge in [-0.25, -0.2) is 0 Å². The van der Waals surface area contributed by atoms with Gasteiger partial charge in [-0.05, 0) is 43.9 Å². The number of ether oxygens (including phenoxy) is 6. The highest BCUT2D eigenvalue weighted by Crippen LogP contribution is 2.42. The van der Waals surface area contributed by atoms with Crippen LogP contribution in [0.2, 0.25) is 0 Å². The highest BCUT2D eigenvalue weighted by molar-refractivity contribution is 5.79. The van der Waals surface area contributed by atoms with Crippen LogP contribution in [0.3, 0.4) is 0 Å². The highest BCUT2D eigenvalue weighted by Gasteiger charge is 2.57. The lowest BCUT2D eigenvalue weighted by atomic mass is 9.86. The number of aliphatic hydroxyl groups is 1. The third-order valence-electron chi connectivity index (χ3n) is 6.81. The maximum atomic E-state index is 12.3. The first kappa shape index (κ1) is 32.7. The normalized spacial score (nSPS) is 25.4. The Labute approximate surface area is 229 Å². The van der Waals surface area contributed by atoms with E-state index in [4.69, 9.17) is 28.4 Å². The molecule has 8 nitrogen and oxygen atoms in total. The van der Waals surface area contributed by atoms with Crippen LogP contribution in [0.15, 0.2) is 18.2 Å². The van der Waals surface area contributed by atoms with Crippen LogP contribution in [-0.2, 0) is 29.5 Å². The summed E-state index contributed by atoms with van der Waals surface area (Å²) in [5.74, 6) is -1.47. The number of aldehydes is 1. The summed E-state index contributed by atoms with van der Waals surface area (Å²) in [6.45, 7) is 10.7. The number of methoxy groups -OCH3 is 1. The van der Waals surface area contributed by atoms with E-state index >= 15 is 0 Å². The summed E-state index contributed by atoms with van der Waals surface area (Å²) in [6.07, 6.45) is 5.57. The van der Waals surface area contributed by atoms with Gasteiger partial charge in [0.25, 0.3) is 0 Å². The molecule has 0 spiro atoms. The van der Waals surface area contributed by atoms with Crippen molar-refractivity contribution in [3.05, 3.63) is 29.3 Å². The second-order valence-corrected chi connectivity index (χ2v) is 9.88. The molecule has 38 heavy (non-hydrogen) atoms. The fraction of sp³-hybridized carbons (Fsp3) is 0.767. The molecule has 2 unspecified atom stereocenters. The van der Waals surface area contributed by atoms with Gasteiger partial charge in [0.15, 0.2) is 6.29 Å². The molecule has 0 radical (unpaired) electrons. The van der Waals surface area contributed by atoms with Crippen LogP contribution < -0.4 is 4.74 Å². The van der Waals surface area contributed by atoms with E-state index in [2.05, 4.69) is 27.7 Å². The molecule has 0 saturated carbocycles. The Morgan fingerprint density at radius 2 is 1.45 bits per heavy atom. The third kappa shape index (κ3) is 9.00. The van der Waals surface area contributed by atoms with E-state index < -0.39 is 30.2 Å². The molecule has 0 bridgehead atoms. The average Bonchev–Trinajstić information content (AvgIpc) is 2.93. The van der Waals surface area contributed by atoms with Gasteiger partial charge in [-0.15, -0.1) is 0 Å². The smallest absolute Gasteiger partial charge is 0.222 e. The zero-order valence-electron chi connectivity index (χ0n) is 24.1. The molecule has 8 heteroatoms. The van der Waals surface area contributed by atoms with Gasteiger partial charge < -0.3 is 33.5 Å². The van der Waals surface area contributed by atoms with E-state index in [1.54, 1.807) is 18.2 Å². The molecule has 0 aliphatic carbocycles. The molecule has 1 heterocycles. The molecule has 1 aromatic carbocycles. The maximum absolute atomic E-state index is 12.3. The second-order valence-electron chi connectivity index (χ2n) is 9.88. The van der Waals surface area contributed by atoms with Crippen molar-refractivity contribution in [1.29, 1.82) is 0 Å². The Morgan fingerprint density at radius 3 is 2.03 bits per heavy atom. The minimum absolute atomic E-state index is 0.241. The van der Waals surface area contributed by atoms with Crippen molar-refractivity contribution in [3.8, 4) is 5.75 Å². The molecule has 1 N–H and O–H groups in total. The van der Waals surface area contributed by atoms with Crippen molar-refractivity contribution in [3.63, 3.8) is 0 Å². The van der Waals surface area contributed by atoms with Crippen LogP contribution in [0, 0.1) is 0 Å². The van der Waals surface area contributed by atoms with Crippen LogP contribution in [0.4, 0.5) is 0 Å². The predicted octanol–water partition coefficient (Wildman–Crippen LogP) is 5.42. The molecule has 2 rings (SSSR count). The lowest BCUT2D eigenvalue weighted by Gasteiger charge is -2.50. The predicted molar refractivity (Wildman–Crippen MR) is 147 cm³/mol. The molecule has 0 amide bonds. The molecule has 1 saturated heterocycles. The lowest BCUT2D eigenvalue weighted by molar-refractivity contribution is -0.375. The van der Waals surface area contributed by atoms with E-state index in [9.17, 15) is 9.90 Å². The number of benzene rings is 1. The number of rotatable bonds is 20. The van der Waals surface area contributed by atoms with Crippen molar-refractivity contribution in [2.45, 2.75) is 109 Å². The second kappa shape index (κ2) is 17.9. The summed E-state index contributed by atoms with van der Waals surface area (Å²) in [6, 6.07) is 4.96. The third-order valence-corrected chi connectivity index (χ3v) is 6.81. The maximum Gasteiger partial charge on any atom is 0.222 e. The summed E-state index contributed by atoms with van der Waals surface area (Å²) in [5, 5.41) is 12.3. The molecular formula is C30H50O8. The molecule has 0 aromatic heterocycles. The van der Waals surface area contributed by atoms with Gasteiger partial charge in [0.05, 0.1) is 19.3 Å². The molecule has 1 aliphatic heterocycles. The Kier molecular flexibility index (Phi) is 15.4. The summed E-state index contributed by atoms with van der Waals surface area (Å²) in [7, 11) is 1.50. The molecule has 5 atom stereocenters. The number of hydrogen-bond acceptors (Lipinski definition) is 8. The number of hydrogen-bond donors (Lipinski definition) is 1. The van der Waals surface area contributed by atoms with Gasteiger partial charge >= 0.3 is 0 Å². The Balaban J connectivity index is 2.54. The number of carbonyl (C=O) groups excluding carboxylic acids is 1. The first-order valence-electron chi connectivity index (χ1n) is 14.5. The van der Waals surface area contributed by atoms with Crippen molar-refractivity contribution in [2.24, 2.45) is 0 Å². The standard InChI is InChI=1S/C30H50O8/c1-6-10-16-34-22-26-27(35-17-11-7-2)28(36-18-12-8-3)29(37-19-13-9-4)30(32,38-26)24-14-15-25(33-5)23(20-24)21-31/h14-15,20-21,26-29,32H,6-13,16-19,22H2,1-5H3/t26-,27-,28?,29-,30?/m1/s1. The summed E-state index contributed by atoms with van der Waals surface area (Å²) in [4.78, 5) is 11.8. The van der Waals surface area contributed by atoms with Crippen molar-refractivity contribution in [2.75, 3.05) is 40.1 Å². The fourth-order valence-electron chi connectivity index (χ4n) is 4.50. The molecular weight excluding hydrogens is 488 g/mol. The highest BCUT2D eigenvalue weighted by atomic mass is 16.7. The number of carbonyl (C=O) groups is 1. The number of unbranched alkanes of at least 4 members (excludes halogenated alkanes) is 4. The van der Waals surface area contributed by atoms with Crippen LogP contribution in [-0.4, -0.2) is 76.0 Å². The first-order valence-corrected chi connectivity index (χ1v) is 14.5. The monoisotopic (exact) mass is 538 g/mol. The van der Waals surface area contributed by atoms with Gasteiger partial charge in [0, 0.05) is 32.0 Å². The minimum atomic E-state index is -1.89. The zero-order valence-corrected chi connectivity index (χ0v) is 24.1. The topological polar surface area (TPSA) is 92.7 Å². The van der Waals surface area contributed by atoms with Crippen molar-refractivity contribution < 1.29 is 38.3 Å². The fourth-order valence-corrected chi connectivity index (χ4v) is 4.50. The Bertz CT molecular complexity index is 788. The van der Waals surface area contributed by atoms with Crippen LogP contribution in [0.25, 0.3) is 0 Å². The summed E-state index contributed by atoms with van der Waals surface area (Å²) in [5.41, 5.74) is 0.714. The zero-order chi connectivity index (χ0) is 27.8. The Hall–Kier alpha value is -1.55. The molecule has 1 aromatic rings. The lowest BCUT2D eigenvalue weighted by Crippen LogP contribution is -2.66. The molecule has 1 fully saturated rings. The van der Waals surface area contributed by atoms with E-state index in [0.29, 0.717) is 49.6 Å². The average molecular weight is 539 g/mol. The van der Waals surface area contributed by atoms with Gasteiger partial charge in [0.2, 0.25) is 5.79 Å². The van der Waals surface area contributed by atoms with Gasteiger partial charge in [0.1, 0.15) is 30.2 Å². The molecule has 1 aliphatic rings. The van der Waals surface area contributed by atoms with Crippen LogP contribution >= 0.6 is 0 Å². The van der Waals surface area contributed by atoms with E-state index in [1.165, 1.54) is 7.11 Å². The first-order chi connectivity index (χ1) is 18.5. The van der Waals surface area contributed by atoms with Crippen LogP contribution in [0.1, 0.15) is 95.0 Å². The minimum Gasteiger partial charge on any atom is -0.496 e. The summed E-state index contributed by atoms with van der Waals surface area (Å²) < 4.78 is 37.0. The Morgan fingerprint density at radius 1 is 0.868 bits per heavy atom. The summed E-state index contributed by atoms with van der Waals surface area (Å²) >= 11 is 0. The van der Waals surface area contributed by atoms with Gasteiger partial charge in [-0.3, -0.25) is 4.79 Å². The molecule has 218 valence electrons. The van der Waals surface area contributed by atoms with E-state index in [0.717, 1.165) is 51.4 Å². The van der Waals surface area contributed by atoms with Crippen molar-refractivity contribution in [1.82, 2.24) is 0 Å². The van der Waals surface area contributed by atoms with E-state index in [-0.39, 0.29) is 6.61 Å². The van der Waals surface area contributed by atoms with Crippen molar-refractivity contribution >= 4 is 6.29 Å². The SMILES string of the molecule is CCCCOC[C@H]1OC(O)(c2ccc(OC)c(C=O)c2)[C@H](OCCCC)C(OCCCC)[C@@H]1OCCCC. The van der Waals surface area contributed by atoms with E-state index in [1.807, 2.05) is 0 Å². The van der Waals surface area contributed by atoms with Crippen LogP contribution in [0.5, 0.6) is 5.75 Å². The quantitative estimate of drug-likeness (QED) is 0.174.